The van der Waals surface area contributed by atoms with Crippen molar-refractivity contribution >= 4 is 18.0 Å². The molecule has 0 aliphatic rings. The highest BCUT2D eigenvalue weighted by atomic mass is 16.4. The van der Waals surface area contributed by atoms with E-state index < -0.39 is 30.5 Å². The lowest BCUT2D eigenvalue weighted by molar-refractivity contribution is -0.145. The van der Waals surface area contributed by atoms with E-state index in [0.717, 1.165) is 0 Å². The van der Waals surface area contributed by atoms with Crippen LogP contribution in [0, 0.1) is 0 Å². The summed E-state index contributed by atoms with van der Waals surface area (Å²) in [6.07, 6.45) is -2.34. The van der Waals surface area contributed by atoms with E-state index in [9.17, 15) is 14.4 Å². The van der Waals surface area contributed by atoms with Crippen molar-refractivity contribution in [2.24, 2.45) is 0 Å². The molecule has 0 heterocycles. The van der Waals surface area contributed by atoms with Crippen LogP contribution in [-0.2, 0) is 9.59 Å². The van der Waals surface area contributed by atoms with Crippen LogP contribution in [0.5, 0.6) is 0 Å². The lowest BCUT2D eigenvalue weighted by Gasteiger charge is -2.08. The second kappa shape index (κ2) is 4.16. The summed E-state index contributed by atoms with van der Waals surface area (Å²) in [5.74, 6) is -2.89. The molecular weight excluding hydrogens is 170 g/mol. The zero-order valence-corrected chi connectivity index (χ0v) is 5.85. The van der Waals surface area contributed by atoms with Crippen LogP contribution in [0.1, 0.15) is 6.42 Å². The molecule has 7 nitrogen and oxygen atoms in total. The third kappa shape index (κ3) is 4.09. The van der Waals surface area contributed by atoms with Crippen LogP contribution in [0.3, 0.4) is 0 Å². The van der Waals surface area contributed by atoms with Crippen LogP contribution in [0.15, 0.2) is 0 Å². The van der Waals surface area contributed by atoms with E-state index in [1.54, 1.807) is 5.32 Å². The third-order valence-electron chi connectivity index (χ3n) is 0.975. The van der Waals surface area contributed by atoms with Gasteiger partial charge in [-0.15, -0.1) is 0 Å². The number of carbonyl (C=O) groups is 3. The summed E-state index contributed by atoms with van der Waals surface area (Å²) in [5, 5.41) is 26.1. The minimum atomic E-state index is -1.60. The molecule has 12 heavy (non-hydrogen) atoms. The fourth-order valence-electron chi connectivity index (χ4n) is 0.524. The third-order valence-corrected chi connectivity index (χ3v) is 0.975. The van der Waals surface area contributed by atoms with Crippen LogP contribution in [0.2, 0.25) is 0 Å². The first-order chi connectivity index (χ1) is 5.43. The van der Waals surface area contributed by atoms with Gasteiger partial charge in [-0.1, -0.05) is 0 Å². The van der Waals surface area contributed by atoms with Gasteiger partial charge < -0.3 is 20.6 Å². The van der Waals surface area contributed by atoms with Gasteiger partial charge in [-0.25, -0.2) is 9.59 Å². The van der Waals surface area contributed by atoms with Crippen LogP contribution < -0.4 is 5.32 Å². The van der Waals surface area contributed by atoms with Crippen molar-refractivity contribution in [2.45, 2.75) is 12.5 Å². The number of nitrogens with one attached hydrogen (secondary N) is 1. The first kappa shape index (κ1) is 10.2. The Morgan fingerprint density at radius 2 is 1.67 bits per heavy atom. The van der Waals surface area contributed by atoms with Crippen LogP contribution in [0.4, 0.5) is 4.79 Å². The molecule has 0 rings (SSSR count). The van der Waals surface area contributed by atoms with Gasteiger partial charge in [0.25, 0.3) is 0 Å². The Hall–Kier alpha value is -1.79. The molecule has 0 fully saturated rings. The second-order valence-electron chi connectivity index (χ2n) is 1.94. The molecular formula is C5H7NO6. The maximum absolute atomic E-state index is 10.2. The molecule has 0 aliphatic heterocycles. The predicted molar refractivity (Wildman–Crippen MR) is 34.8 cm³/mol. The van der Waals surface area contributed by atoms with Crippen molar-refractivity contribution in [3.8, 4) is 0 Å². The van der Waals surface area contributed by atoms with Gasteiger partial charge in [0, 0.05) is 0 Å². The van der Waals surface area contributed by atoms with Crippen molar-refractivity contribution in [2.75, 3.05) is 0 Å². The highest BCUT2D eigenvalue weighted by Crippen LogP contribution is 1.91. The van der Waals surface area contributed by atoms with Crippen molar-refractivity contribution in [3.63, 3.8) is 0 Å². The van der Waals surface area contributed by atoms with Gasteiger partial charge >= 0.3 is 18.0 Å². The topological polar surface area (TPSA) is 124 Å². The molecule has 1 atom stereocenters. The summed E-state index contributed by atoms with van der Waals surface area (Å²) >= 11 is 0. The molecule has 0 aromatic carbocycles. The molecule has 1 amide bonds. The van der Waals surface area contributed by atoms with Crippen LogP contribution in [0.25, 0.3) is 0 Å². The lowest BCUT2D eigenvalue weighted by Crippen LogP contribution is -2.41. The zero-order valence-electron chi connectivity index (χ0n) is 5.85. The Morgan fingerprint density at radius 3 is 1.92 bits per heavy atom. The predicted octanol–water partition coefficient (Wildman–Crippen LogP) is -0.818. The molecule has 0 aromatic rings. The molecule has 0 saturated heterocycles. The Bertz CT molecular complexity index is 196. The summed E-state index contributed by atoms with van der Waals surface area (Å²) in [7, 11) is 0. The molecule has 4 N–H and O–H groups in total. The van der Waals surface area contributed by atoms with E-state index in [2.05, 4.69) is 0 Å². The Labute approximate surface area is 66.6 Å². The molecule has 0 saturated carbocycles. The fourth-order valence-corrected chi connectivity index (χ4v) is 0.524. The standard InChI is InChI=1S/C5H7NO6/c7-3(8)1-2(4(9)10)6-5(11)12/h2,6H,1H2,(H,7,8)(H,9,10)(H,11,12). The normalized spacial score (nSPS) is 11.7. The van der Waals surface area contributed by atoms with Gasteiger partial charge in [-0.05, 0) is 0 Å². The maximum Gasteiger partial charge on any atom is 0.405 e. The minimum Gasteiger partial charge on any atom is -0.481 e. The molecule has 0 spiro atoms. The minimum absolute atomic E-state index is 0.776. The highest BCUT2D eigenvalue weighted by molar-refractivity contribution is 5.84. The van der Waals surface area contributed by atoms with E-state index in [4.69, 9.17) is 15.3 Å². The Kier molecular flexibility index (Phi) is 3.54. The van der Waals surface area contributed by atoms with Crippen molar-refractivity contribution < 1.29 is 29.7 Å². The molecule has 0 aliphatic carbocycles. The second-order valence-corrected chi connectivity index (χ2v) is 1.94. The molecule has 0 bridgehead atoms. The van der Waals surface area contributed by atoms with E-state index in [1.807, 2.05) is 0 Å². The summed E-state index contributed by atoms with van der Waals surface area (Å²) in [6, 6.07) is -1.60. The lowest BCUT2D eigenvalue weighted by atomic mass is 10.2. The summed E-state index contributed by atoms with van der Waals surface area (Å²) in [5.41, 5.74) is 0. The van der Waals surface area contributed by atoms with Crippen LogP contribution in [-0.4, -0.2) is 39.4 Å². The van der Waals surface area contributed by atoms with Gasteiger partial charge in [0.15, 0.2) is 0 Å². The first-order valence-corrected chi connectivity index (χ1v) is 2.87. The van der Waals surface area contributed by atoms with E-state index >= 15 is 0 Å². The van der Waals surface area contributed by atoms with Crippen molar-refractivity contribution in [3.05, 3.63) is 0 Å². The number of rotatable bonds is 4. The van der Waals surface area contributed by atoms with Gasteiger partial charge in [0.05, 0.1) is 6.42 Å². The van der Waals surface area contributed by atoms with E-state index in [-0.39, 0.29) is 0 Å². The van der Waals surface area contributed by atoms with Gasteiger partial charge in [0.2, 0.25) is 0 Å². The highest BCUT2D eigenvalue weighted by Gasteiger charge is 2.22. The maximum atomic E-state index is 10.2. The van der Waals surface area contributed by atoms with Gasteiger partial charge in [0.1, 0.15) is 6.04 Å². The Balaban J connectivity index is 4.14. The average molecular weight is 177 g/mol. The molecule has 0 radical (unpaired) electrons. The number of carboxylic acids is 2. The summed E-state index contributed by atoms with van der Waals surface area (Å²) in [4.78, 5) is 30.1. The Morgan fingerprint density at radius 1 is 1.17 bits per heavy atom. The number of aliphatic carboxylic acids is 2. The van der Waals surface area contributed by atoms with E-state index in [1.165, 1.54) is 0 Å². The first-order valence-electron chi connectivity index (χ1n) is 2.87. The number of carboxylic acid groups (broad SMARTS) is 3. The average Bonchev–Trinajstić information content (AvgIpc) is 1.83. The summed E-state index contributed by atoms with van der Waals surface area (Å²) in [6.45, 7) is 0. The molecule has 68 valence electrons. The summed E-state index contributed by atoms with van der Waals surface area (Å²) < 4.78 is 0. The van der Waals surface area contributed by atoms with Crippen LogP contribution >= 0.6 is 0 Å². The SMILES string of the molecule is O=C(O)CC(NC(=O)O)C(=O)O. The number of hydrogen-bond acceptors (Lipinski definition) is 3. The van der Waals surface area contributed by atoms with Crippen molar-refractivity contribution in [1.82, 2.24) is 5.32 Å². The smallest absolute Gasteiger partial charge is 0.405 e. The molecule has 0 aromatic heterocycles. The van der Waals surface area contributed by atoms with Crippen molar-refractivity contribution in [1.29, 1.82) is 0 Å². The quantitative estimate of drug-likeness (QED) is 0.444. The fraction of sp³-hybridized carbons (Fsp3) is 0.400. The zero-order chi connectivity index (χ0) is 9.72. The number of hydrogen-bond donors (Lipinski definition) is 4. The molecule has 7 heteroatoms. The largest absolute Gasteiger partial charge is 0.481 e. The monoisotopic (exact) mass is 177 g/mol. The van der Waals surface area contributed by atoms with E-state index in [0.29, 0.717) is 0 Å². The number of amides is 1. The van der Waals surface area contributed by atoms with Gasteiger partial charge in [-0.3, -0.25) is 4.79 Å². The van der Waals surface area contributed by atoms with Gasteiger partial charge in [-0.2, -0.15) is 0 Å². The molecule has 1 unspecified atom stereocenters.